The van der Waals surface area contributed by atoms with Crippen LogP contribution in [0.4, 0.5) is 4.79 Å². The monoisotopic (exact) mass is 1520 g/mol. The van der Waals surface area contributed by atoms with Crippen molar-refractivity contribution in [1.82, 2.24) is 42.5 Å². The number of ether oxygens (including phenoxy) is 5. The molecule has 107 heavy (non-hydrogen) atoms. The van der Waals surface area contributed by atoms with Gasteiger partial charge in [-0.2, -0.15) is 0 Å². The minimum absolute atomic E-state index is 0.0725. The van der Waals surface area contributed by atoms with E-state index in [9.17, 15) is 60.3 Å². The van der Waals surface area contributed by atoms with Crippen LogP contribution in [0.2, 0.25) is 10.0 Å². The summed E-state index contributed by atoms with van der Waals surface area (Å²) in [4.78, 5) is 134. The third-order valence-electron chi connectivity index (χ3n) is 20.3. The molecule has 4 aliphatic carbocycles. The van der Waals surface area contributed by atoms with Crippen molar-refractivity contribution in [2.75, 3.05) is 6.61 Å². The molecule has 6 aliphatic heterocycles. The van der Waals surface area contributed by atoms with Crippen molar-refractivity contribution < 1.29 is 113 Å². The highest BCUT2D eigenvalue weighted by molar-refractivity contribution is 6.32. The van der Waals surface area contributed by atoms with Crippen molar-refractivity contribution in [1.29, 1.82) is 0 Å². The number of primary amides is 1. The first-order valence-corrected chi connectivity index (χ1v) is 35.6. The van der Waals surface area contributed by atoms with Crippen molar-refractivity contribution in [3.63, 3.8) is 0 Å². The maximum atomic E-state index is 16.1. The molecule has 0 aromatic heterocycles. The lowest BCUT2D eigenvalue weighted by atomic mass is 9.54. The molecule has 9 amide bonds. The quantitative estimate of drug-likeness (QED) is 0.0853. The number of phenolic OH excluding ortho intramolecular Hbond substituents is 3. The van der Waals surface area contributed by atoms with E-state index in [1.54, 1.807) is 34.6 Å². The maximum absolute atomic E-state index is 16.1. The predicted octanol–water partition coefficient (Wildman–Crippen LogP) is 3.03. The fourth-order valence-electron chi connectivity index (χ4n) is 15.5. The number of benzene rings is 5. The summed E-state index contributed by atoms with van der Waals surface area (Å²) in [6.45, 7) is 7.21. The van der Waals surface area contributed by atoms with Gasteiger partial charge in [-0.1, -0.05) is 55.2 Å². The molecule has 15 rings (SSSR count). The van der Waals surface area contributed by atoms with Crippen LogP contribution in [-0.2, 0) is 47.8 Å². The summed E-state index contributed by atoms with van der Waals surface area (Å²) < 4.78 is 30.6. The molecule has 1 saturated heterocycles. The van der Waals surface area contributed by atoms with Gasteiger partial charge in [-0.15, -0.1) is 0 Å². The number of carbonyl (C=O) groups is 9. The van der Waals surface area contributed by atoms with Crippen LogP contribution >= 0.6 is 23.2 Å². The van der Waals surface area contributed by atoms with Crippen molar-refractivity contribution in [2.45, 2.75) is 176 Å². The Kier molecular flexibility index (Phi) is 22.2. The minimum Gasteiger partial charge on any atom is -0.508 e. The first-order valence-electron chi connectivity index (χ1n) is 34.9. The summed E-state index contributed by atoms with van der Waals surface area (Å²) >= 11 is 14.1. The molecule has 15 bridgehead atoms. The number of aliphatic hydroxyl groups is 6. The average Bonchev–Trinajstić information content (AvgIpc) is 0.756. The van der Waals surface area contributed by atoms with Gasteiger partial charge in [0, 0.05) is 23.2 Å². The van der Waals surface area contributed by atoms with Crippen LogP contribution in [0.25, 0.3) is 11.1 Å². The summed E-state index contributed by atoms with van der Waals surface area (Å²) in [6, 6.07) is -0.575. The number of nitrogens with one attached hydrogen (secondary N) is 8. The number of amides is 9. The van der Waals surface area contributed by atoms with E-state index in [-0.39, 0.29) is 75.1 Å². The number of rotatable bonds is 12. The van der Waals surface area contributed by atoms with Crippen LogP contribution in [0.3, 0.4) is 0 Å². The van der Waals surface area contributed by atoms with Crippen LogP contribution in [0.1, 0.15) is 138 Å². The van der Waals surface area contributed by atoms with E-state index in [0.717, 1.165) is 98.8 Å². The van der Waals surface area contributed by atoms with Gasteiger partial charge in [-0.25, -0.2) is 4.79 Å². The van der Waals surface area contributed by atoms with Gasteiger partial charge >= 0.3 is 6.09 Å². The fraction of sp³-hybridized carbons (Fsp3) is 0.466. The smallest absolute Gasteiger partial charge is 0.408 e. The van der Waals surface area contributed by atoms with Gasteiger partial charge < -0.3 is 118 Å². The molecule has 0 spiro atoms. The van der Waals surface area contributed by atoms with Crippen molar-refractivity contribution in [2.24, 2.45) is 35.3 Å². The van der Waals surface area contributed by atoms with Crippen LogP contribution in [0, 0.1) is 29.6 Å². The molecule has 14 atom stereocenters. The Labute approximate surface area is 621 Å². The summed E-state index contributed by atoms with van der Waals surface area (Å²) in [5, 5.41) is 124. The molecule has 0 radical (unpaired) electrons. The molecule has 5 fully saturated rings. The number of fused-ring (bicyclic) bond motifs is 15. The Bertz CT molecular complexity index is 4340. The zero-order valence-corrected chi connectivity index (χ0v) is 59.8. The minimum atomic E-state index is -2.34. The van der Waals surface area contributed by atoms with E-state index in [0.29, 0.717) is 11.8 Å². The first kappa shape index (κ1) is 76.9. The molecule has 5 unspecified atom stereocenters. The number of halogens is 2. The average molecular weight is 1530 g/mol. The second-order valence-electron chi connectivity index (χ2n) is 29.7. The molecule has 4 saturated carbocycles. The van der Waals surface area contributed by atoms with Gasteiger partial charge in [0.25, 0.3) is 0 Å². The van der Waals surface area contributed by atoms with Crippen LogP contribution in [0.5, 0.6) is 46.0 Å². The lowest BCUT2D eigenvalue weighted by Gasteiger charge is -2.54. The predicted molar refractivity (Wildman–Crippen MR) is 375 cm³/mol. The van der Waals surface area contributed by atoms with Gasteiger partial charge in [0.15, 0.2) is 11.5 Å². The van der Waals surface area contributed by atoms with Crippen molar-refractivity contribution in [3.05, 3.63) is 117 Å². The summed E-state index contributed by atoms with van der Waals surface area (Å²) in [7, 11) is 0. The molecular weight excluding hydrogens is 1440 g/mol. The van der Waals surface area contributed by atoms with Crippen LogP contribution in [-0.4, -0.2) is 172 Å². The SMILES string of the molecule is CC(C)C[C@@H](NC(=O)OC(C)(C)C)C(=O)N[C@H]1C(=O)N[C@@H](CC(N)=O)C(=O)N[C@H]2C(=O)N[C@H]3C(=O)N[C@@H](C(=O)N[C@H](C(=O)NC4C5CC6CC(C5)CC4C6)c4cc(O)cc(O)c4-c4cc3ccc4O)[C@H](O)c3ccc(c(Cl)c3)Oc3cc2cc(c3OC2OC(CO)C(O)C(O)C2O)Oc2ccc(cc2Cl)[C@H]1O. The molecule has 6 heterocycles. The van der Waals surface area contributed by atoms with E-state index < -0.39 is 207 Å². The molecule has 5 aromatic carbocycles. The second kappa shape index (κ2) is 30.8. The Morgan fingerprint density at radius 3 is 1.81 bits per heavy atom. The molecule has 19 N–H and O–H groups in total. The zero-order chi connectivity index (χ0) is 77.1. The number of phenols is 3. The molecule has 34 heteroatoms. The van der Waals surface area contributed by atoms with Gasteiger partial charge in [-0.05, 0) is 171 Å². The molecule has 32 nitrogen and oxygen atoms in total. The van der Waals surface area contributed by atoms with Crippen molar-refractivity contribution in [3.8, 4) is 57.1 Å². The number of carbonyl (C=O) groups excluding carboxylic acids is 9. The Hall–Kier alpha value is -9.77. The number of hydrogen-bond donors (Lipinski definition) is 18. The van der Waals surface area contributed by atoms with Gasteiger partial charge in [0.05, 0.1) is 23.1 Å². The Morgan fingerprint density at radius 2 is 1.22 bits per heavy atom. The summed E-state index contributed by atoms with van der Waals surface area (Å²) in [6.07, 6.45) is -12.0. The lowest BCUT2D eigenvalue weighted by molar-refractivity contribution is -0.277. The van der Waals surface area contributed by atoms with E-state index in [1.165, 1.54) is 12.1 Å². The van der Waals surface area contributed by atoms with E-state index in [1.807, 2.05) is 0 Å². The highest BCUT2D eigenvalue weighted by atomic mass is 35.5. The number of aliphatic hydroxyl groups excluding tert-OH is 6. The number of aromatic hydroxyl groups is 3. The standard InChI is InChI=1S/C73H83Cl2N9O23/c1-27(2)12-41(78-72(102)107-73(3,4)5)64(95)83-56-58(90)31-7-10-45(39(74)19-31)103-47-21-35-22-48(63(47)106-71-62(94)61(93)60(92)49(26-85)105-71)104-46-11-8-32(20-40(46)75)59(91)57-70(101)82-55(68(99)79-52-33-14-28-13-29(16-33)17-34(52)15-28)38-23-36(86)24-44(88)51(38)37-18-30(6-9-43(37)87)53(66(97)84-57)81-67(98)54(35)80-65(96)42(25-50(76)89)77-69(56)100/h6-11,18-24,27-29,33-34,41-42,49,52-62,71,85-88,90-94H,12-17,25-26H2,1-5H3,(H2,76,89)(H,77,100)(H,78,102)(H,79,99)(H,80,96)(H,81,98)(H,82,101)(H,83,95)(H,84,97)/t28?,29?,33?,34?,41-,42+,49?,52?,53-,54-,55+,56-,57-,58-,59-,60?,61?,62?,71?/m1/s1. The third-order valence-corrected chi connectivity index (χ3v) is 20.9. The summed E-state index contributed by atoms with van der Waals surface area (Å²) in [5.74, 6) is -13.9. The van der Waals surface area contributed by atoms with Crippen LogP contribution in [0.15, 0.2) is 78.9 Å². The molecule has 572 valence electrons. The third kappa shape index (κ3) is 16.4. The number of hydrogen-bond acceptors (Lipinski definition) is 23. The topological polar surface area (TPSA) is 504 Å². The largest absolute Gasteiger partial charge is 0.508 e. The Balaban J connectivity index is 1.04. The fourth-order valence-corrected chi connectivity index (χ4v) is 15.9. The normalized spacial score (nSPS) is 29.3. The first-order chi connectivity index (χ1) is 50.6. The van der Waals surface area contributed by atoms with Crippen LogP contribution < -0.4 is 62.5 Å². The van der Waals surface area contributed by atoms with Gasteiger partial charge in [0.2, 0.25) is 59.3 Å². The number of nitrogens with two attached hydrogens (primary N) is 1. The molecule has 10 aliphatic rings. The molecular formula is C73H83Cl2N9O23. The highest BCUT2D eigenvalue weighted by Crippen LogP contribution is 2.55. The second-order valence-corrected chi connectivity index (χ2v) is 30.5. The van der Waals surface area contributed by atoms with Gasteiger partial charge in [-0.3, -0.25) is 38.4 Å². The van der Waals surface area contributed by atoms with E-state index >= 15 is 28.8 Å². The van der Waals surface area contributed by atoms with E-state index in [4.69, 9.17) is 52.6 Å². The number of alkyl carbamates (subject to hydrolysis) is 1. The van der Waals surface area contributed by atoms with Gasteiger partial charge in [0.1, 0.15) is 113 Å². The molecule has 5 aromatic rings. The Morgan fingerprint density at radius 1 is 0.636 bits per heavy atom. The maximum Gasteiger partial charge on any atom is 0.408 e. The van der Waals surface area contributed by atoms with E-state index in [2.05, 4.69) is 42.5 Å². The van der Waals surface area contributed by atoms with Crippen molar-refractivity contribution >= 4 is 76.6 Å². The zero-order valence-electron chi connectivity index (χ0n) is 58.3. The summed E-state index contributed by atoms with van der Waals surface area (Å²) in [5.41, 5.74) is 2.52. The highest BCUT2D eigenvalue weighted by Gasteiger charge is 2.51. The lowest BCUT2D eigenvalue weighted by Crippen LogP contribution is -2.60.